The second-order valence-corrected chi connectivity index (χ2v) is 8.88. The molecular weight excluding hydrogens is 420 g/mol. The second kappa shape index (κ2) is 9.06. The highest BCUT2D eigenvalue weighted by Crippen LogP contribution is 2.37. The van der Waals surface area contributed by atoms with E-state index in [9.17, 15) is 9.59 Å². The predicted octanol–water partition coefficient (Wildman–Crippen LogP) is 5.88. The Bertz CT molecular complexity index is 1090. The number of rotatable bonds is 5. The summed E-state index contributed by atoms with van der Waals surface area (Å²) < 4.78 is 6.12. The first kappa shape index (κ1) is 20.7. The summed E-state index contributed by atoms with van der Waals surface area (Å²) in [6, 6.07) is 12.7. The second-order valence-electron chi connectivity index (χ2n) is 7.45. The lowest BCUT2D eigenvalue weighted by atomic mass is 9.95. The lowest BCUT2D eigenvalue weighted by Crippen LogP contribution is -2.36. The summed E-state index contributed by atoms with van der Waals surface area (Å²) >= 11 is 7.76. The standard InChI is InChI=1S/C23H23ClN2O3S/c1-29-17-10-11-18-19(13-17)30-21(20(18)24)23(28)26-16-9-5-6-14(12-16)22(27)25-15-7-3-2-4-8-15/h5-6,9-13,15H,2-4,7-8H2,1H3,(H,25,27)(H,26,28). The maximum atomic E-state index is 12.8. The highest BCUT2D eigenvalue weighted by molar-refractivity contribution is 7.21. The molecule has 0 atom stereocenters. The number of nitrogens with one attached hydrogen (secondary N) is 2. The van der Waals surface area contributed by atoms with E-state index in [-0.39, 0.29) is 17.9 Å². The molecule has 0 bridgehead atoms. The number of amides is 2. The van der Waals surface area contributed by atoms with Crippen LogP contribution in [0.25, 0.3) is 10.1 Å². The molecule has 156 valence electrons. The number of halogens is 1. The molecule has 7 heteroatoms. The molecule has 2 N–H and O–H groups in total. The molecule has 30 heavy (non-hydrogen) atoms. The van der Waals surface area contributed by atoms with Gasteiger partial charge in [-0.25, -0.2) is 0 Å². The molecule has 0 spiro atoms. The predicted molar refractivity (Wildman–Crippen MR) is 122 cm³/mol. The maximum absolute atomic E-state index is 12.8. The lowest BCUT2D eigenvalue weighted by molar-refractivity contribution is 0.0926. The molecule has 0 saturated heterocycles. The van der Waals surface area contributed by atoms with Crippen LogP contribution in [0.4, 0.5) is 5.69 Å². The zero-order valence-corrected chi connectivity index (χ0v) is 18.2. The Morgan fingerprint density at radius 2 is 1.87 bits per heavy atom. The van der Waals surface area contributed by atoms with Crippen LogP contribution in [0.5, 0.6) is 5.75 Å². The summed E-state index contributed by atoms with van der Waals surface area (Å²) in [7, 11) is 1.60. The van der Waals surface area contributed by atoms with Gasteiger partial charge in [0.25, 0.3) is 11.8 Å². The van der Waals surface area contributed by atoms with Crippen molar-refractivity contribution in [1.82, 2.24) is 5.32 Å². The monoisotopic (exact) mass is 442 g/mol. The number of carbonyl (C=O) groups is 2. The molecule has 1 saturated carbocycles. The van der Waals surface area contributed by atoms with Gasteiger partial charge in [0.1, 0.15) is 10.6 Å². The van der Waals surface area contributed by atoms with Gasteiger partial charge in [0.2, 0.25) is 0 Å². The third-order valence-corrected chi connectivity index (χ3v) is 7.02. The lowest BCUT2D eigenvalue weighted by Gasteiger charge is -2.22. The fourth-order valence-electron chi connectivity index (χ4n) is 3.76. The zero-order valence-electron chi connectivity index (χ0n) is 16.7. The number of benzene rings is 2. The van der Waals surface area contributed by atoms with Gasteiger partial charge in [0, 0.05) is 27.4 Å². The van der Waals surface area contributed by atoms with Crippen LogP contribution in [0.2, 0.25) is 5.02 Å². The molecule has 2 amide bonds. The Hall–Kier alpha value is -2.57. The number of ether oxygens (including phenoxy) is 1. The van der Waals surface area contributed by atoms with Gasteiger partial charge in [-0.05, 0) is 49.2 Å². The highest BCUT2D eigenvalue weighted by atomic mass is 35.5. The van der Waals surface area contributed by atoms with Crippen LogP contribution in [-0.2, 0) is 0 Å². The first-order chi connectivity index (χ1) is 14.5. The van der Waals surface area contributed by atoms with E-state index >= 15 is 0 Å². The van der Waals surface area contributed by atoms with Crippen molar-refractivity contribution in [1.29, 1.82) is 0 Å². The molecule has 1 fully saturated rings. The minimum Gasteiger partial charge on any atom is -0.497 e. The van der Waals surface area contributed by atoms with E-state index in [2.05, 4.69) is 10.6 Å². The van der Waals surface area contributed by atoms with Gasteiger partial charge in [0.05, 0.1) is 12.1 Å². The maximum Gasteiger partial charge on any atom is 0.267 e. The summed E-state index contributed by atoms with van der Waals surface area (Å²) in [5, 5.41) is 7.20. The quantitative estimate of drug-likeness (QED) is 0.518. The normalized spacial score (nSPS) is 14.5. The molecule has 0 unspecified atom stereocenters. The molecule has 4 rings (SSSR count). The average molecular weight is 443 g/mol. The van der Waals surface area contributed by atoms with Crippen LogP contribution in [-0.4, -0.2) is 25.0 Å². The number of carbonyl (C=O) groups excluding carboxylic acids is 2. The molecular formula is C23H23ClN2O3S. The van der Waals surface area contributed by atoms with Crippen molar-refractivity contribution in [2.24, 2.45) is 0 Å². The Kier molecular flexibility index (Phi) is 6.25. The average Bonchev–Trinajstić information content (AvgIpc) is 3.10. The van der Waals surface area contributed by atoms with Gasteiger partial charge < -0.3 is 15.4 Å². The molecule has 1 aliphatic rings. The third kappa shape index (κ3) is 4.45. The van der Waals surface area contributed by atoms with Gasteiger partial charge in [0.15, 0.2) is 0 Å². The van der Waals surface area contributed by atoms with E-state index in [1.165, 1.54) is 17.8 Å². The highest BCUT2D eigenvalue weighted by Gasteiger charge is 2.19. The first-order valence-corrected chi connectivity index (χ1v) is 11.2. The molecule has 0 aliphatic heterocycles. The van der Waals surface area contributed by atoms with Gasteiger partial charge in [-0.2, -0.15) is 0 Å². The van der Waals surface area contributed by atoms with Crippen molar-refractivity contribution in [3.63, 3.8) is 0 Å². The van der Waals surface area contributed by atoms with Crippen LogP contribution < -0.4 is 15.4 Å². The SMILES string of the molecule is COc1ccc2c(Cl)c(C(=O)Nc3cccc(C(=O)NC4CCCCC4)c3)sc2c1. The van der Waals surface area contributed by atoms with E-state index < -0.39 is 0 Å². The minimum atomic E-state index is -0.301. The number of hydrogen-bond donors (Lipinski definition) is 2. The Balaban J connectivity index is 1.49. The zero-order chi connectivity index (χ0) is 21.1. The smallest absolute Gasteiger partial charge is 0.267 e. The van der Waals surface area contributed by atoms with E-state index in [0.29, 0.717) is 26.9 Å². The number of thiophene rings is 1. The Labute approximate surface area is 184 Å². The van der Waals surface area contributed by atoms with E-state index in [4.69, 9.17) is 16.3 Å². The topological polar surface area (TPSA) is 67.4 Å². The summed E-state index contributed by atoms with van der Waals surface area (Å²) in [6.07, 6.45) is 5.60. The summed E-state index contributed by atoms with van der Waals surface area (Å²) in [6.45, 7) is 0. The number of anilines is 1. The fourth-order valence-corrected chi connectivity index (χ4v) is 5.20. The summed E-state index contributed by atoms with van der Waals surface area (Å²) in [5.41, 5.74) is 1.09. The summed E-state index contributed by atoms with van der Waals surface area (Å²) in [5.74, 6) is 0.305. The van der Waals surface area contributed by atoms with Crippen LogP contribution in [0.1, 0.15) is 52.1 Å². The van der Waals surface area contributed by atoms with Crippen LogP contribution in [0.3, 0.4) is 0 Å². The third-order valence-electron chi connectivity index (χ3n) is 5.37. The first-order valence-electron chi connectivity index (χ1n) is 10.0. The van der Waals surface area contributed by atoms with Crippen molar-refractivity contribution < 1.29 is 14.3 Å². The van der Waals surface area contributed by atoms with E-state index in [1.807, 2.05) is 18.2 Å². The molecule has 1 heterocycles. The molecule has 0 radical (unpaired) electrons. The molecule has 1 aliphatic carbocycles. The molecule has 3 aromatic rings. The van der Waals surface area contributed by atoms with Crippen LogP contribution >= 0.6 is 22.9 Å². The van der Waals surface area contributed by atoms with Crippen LogP contribution in [0, 0.1) is 0 Å². The largest absolute Gasteiger partial charge is 0.497 e. The summed E-state index contributed by atoms with van der Waals surface area (Å²) in [4.78, 5) is 25.9. The van der Waals surface area contributed by atoms with Crippen molar-refractivity contribution in [2.75, 3.05) is 12.4 Å². The van der Waals surface area contributed by atoms with Gasteiger partial charge in [-0.15, -0.1) is 11.3 Å². The van der Waals surface area contributed by atoms with Gasteiger partial charge in [-0.1, -0.05) is 36.9 Å². The van der Waals surface area contributed by atoms with Crippen LogP contribution in [0.15, 0.2) is 42.5 Å². The van der Waals surface area contributed by atoms with Gasteiger partial charge in [-0.3, -0.25) is 9.59 Å². The number of methoxy groups -OCH3 is 1. The van der Waals surface area contributed by atoms with E-state index in [1.54, 1.807) is 31.4 Å². The molecule has 2 aromatic carbocycles. The van der Waals surface area contributed by atoms with Gasteiger partial charge >= 0.3 is 0 Å². The molecule has 5 nitrogen and oxygen atoms in total. The van der Waals surface area contributed by atoms with Crippen molar-refractivity contribution >= 4 is 50.5 Å². The van der Waals surface area contributed by atoms with Crippen molar-refractivity contribution in [3.05, 3.63) is 57.9 Å². The van der Waals surface area contributed by atoms with E-state index in [0.717, 1.165) is 35.8 Å². The Morgan fingerprint density at radius 3 is 2.63 bits per heavy atom. The van der Waals surface area contributed by atoms with Crippen molar-refractivity contribution in [2.45, 2.75) is 38.1 Å². The van der Waals surface area contributed by atoms with Crippen molar-refractivity contribution in [3.8, 4) is 5.75 Å². The number of fused-ring (bicyclic) bond motifs is 1. The molecule has 1 aromatic heterocycles. The Morgan fingerprint density at radius 1 is 1.07 bits per heavy atom. The number of hydrogen-bond acceptors (Lipinski definition) is 4. The minimum absolute atomic E-state index is 0.106. The fraction of sp³-hybridized carbons (Fsp3) is 0.304.